The van der Waals surface area contributed by atoms with Crippen LogP contribution in [0.25, 0.3) is 0 Å². The number of nitrogens with zero attached hydrogens (tertiary/aromatic N) is 1. The van der Waals surface area contributed by atoms with Gasteiger partial charge in [0.1, 0.15) is 10.7 Å². The van der Waals surface area contributed by atoms with E-state index in [0.29, 0.717) is 6.42 Å². The molecule has 1 aliphatic heterocycles. The van der Waals surface area contributed by atoms with Gasteiger partial charge in [0.15, 0.2) is 11.6 Å². The lowest BCUT2D eigenvalue weighted by molar-refractivity contribution is 0.102. The number of anilines is 1. The van der Waals surface area contributed by atoms with Crippen molar-refractivity contribution in [1.29, 1.82) is 0 Å². The minimum absolute atomic E-state index is 0.0263. The number of aliphatic hydroxyl groups excluding tert-OH is 1. The predicted molar refractivity (Wildman–Crippen MR) is 104 cm³/mol. The van der Waals surface area contributed by atoms with Crippen LogP contribution in [0.5, 0.6) is 0 Å². The molecule has 3 rings (SSSR count). The monoisotopic (exact) mass is 442 g/mol. The van der Waals surface area contributed by atoms with Crippen LogP contribution in [0.4, 0.5) is 18.9 Å². The molecule has 2 aromatic carbocycles. The van der Waals surface area contributed by atoms with E-state index < -0.39 is 44.4 Å². The lowest BCUT2D eigenvalue weighted by Crippen LogP contribution is -2.34. The number of hydrogen-bond acceptors (Lipinski definition) is 4. The van der Waals surface area contributed by atoms with Crippen LogP contribution in [0.1, 0.15) is 30.1 Å². The molecule has 2 N–H and O–H groups in total. The minimum Gasteiger partial charge on any atom is -0.393 e. The molecule has 1 heterocycles. The maximum absolute atomic E-state index is 14.4. The Hall–Kier alpha value is -2.43. The summed E-state index contributed by atoms with van der Waals surface area (Å²) in [6, 6.07) is 5.62. The van der Waals surface area contributed by atoms with Crippen LogP contribution in [0.2, 0.25) is 0 Å². The van der Waals surface area contributed by atoms with Crippen LogP contribution in [0, 0.1) is 23.4 Å². The average Bonchev–Trinajstić information content (AvgIpc) is 2.85. The molecule has 0 radical (unpaired) electrons. The molecule has 10 heteroatoms. The van der Waals surface area contributed by atoms with Gasteiger partial charge in [-0.1, -0.05) is 6.92 Å². The Labute approximate surface area is 172 Å². The Balaban J connectivity index is 1.88. The molecule has 1 saturated heterocycles. The number of amides is 1. The van der Waals surface area contributed by atoms with E-state index in [1.165, 1.54) is 0 Å². The molecule has 1 fully saturated rings. The maximum atomic E-state index is 14.4. The van der Waals surface area contributed by atoms with Gasteiger partial charge in [-0.2, -0.15) is 4.31 Å². The second kappa shape index (κ2) is 8.75. The second-order valence-corrected chi connectivity index (χ2v) is 9.28. The largest absolute Gasteiger partial charge is 0.393 e. The first-order valence-corrected chi connectivity index (χ1v) is 10.8. The molecule has 162 valence electrons. The maximum Gasteiger partial charge on any atom is 0.255 e. The van der Waals surface area contributed by atoms with Gasteiger partial charge in [0, 0.05) is 30.4 Å². The smallest absolute Gasteiger partial charge is 0.255 e. The van der Waals surface area contributed by atoms with Crippen molar-refractivity contribution in [1.82, 2.24) is 4.31 Å². The zero-order chi connectivity index (χ0) is 22.1. The van der Waals surface area contributed by atoms with Gasteiger partial charge in [-0.3, -0.25) is 4.79 Å². The van der Waals surface area contributed by atoms with Crippen molar-refractivity contribution in [2.75, 3.05) is 18.4 Å². The zero-order valence-electron chi connectivity index (χ0n) is 16.1. The minimum atomic E-state index is -4.26. The first-order valence-electron chi connectivity index (χ1n) is 9.32. The van der Waals surface area contributed by atoms with Gasteiger partial charge in [-0.15, -0.1) is 0 Å². The van der Waals surface area contributed by atoms with E-state index in [1.54, 1.807) is 6.92 Å². The van der Waals surface area contributed by atoms with Crippen LogP contribution < -0.4 is 5.32 Å². The normalized spacial score (nSPS) is 20.6. The fourth-order valence-corrected chi connectivity index (χ4v) is 5.03. The molecule has 30 heavy (non-hydrogen) atoms. The fourth-order valence-electron chi connectivity index (χ4n) is 3.37. The molecule has 6 nitrogen and oxygen atoms in total. The third-order valence-electron chi connectivity index (χ3n) is 4.89. The topological polar surface area (TPSA) is 86.7 Å². The number of carbonyl (C=O) groups excluding carboxylic acids is 1. The summed E-state index contributed by atoms with van der Waals surface area (Å²) in [5, 5.41) is 12.2. The van der Waals surface area contributed by atoms with E-state index in [4.69, 9.17) is 0 Å². The predicted octanol–water partition coefficient (Wildman–Crippen LogP) is 3.14. The Bertz CT molecular complexity index is 1060. The zero-order valence-corrected chi connectivity index (χ0v) is 16.9. The number of halogens is 3. The number of benzene rings is 2. The third-order valence-corrected chi connectivity index (χ3v) is 6.77. The average molecular weight is 442 g/mol. The number of sulfonamides is 1. The van der Waals surface area contributed by atoms with Crippen LogP contribution in [0.15, 0.2) is 41.3 Å². The summed E-state index contributed by atoms with van der Waals surface area (Å²) in [4.78, 5) is 11.8. The van der Waals surface area contributed by atoms with Gasteiger partial charge in [-0.25, -0.2) is 21.6 Å². The van der Waals surface area contributed by atoms with Crippen molar-refractivity contribution in [2.45, 2.75) is 30.8 Å². The first kappa shape index (κ1) is 22.3. The number of rotatable bonds is 4. The highest BCUT2D eigenvalue weighted by atomic mass is 32.2. The van der Waals surface area contributed by atoms with Gasteiger partial charge < -0.3 is 10.4 Å². The third kappa shape index (κ3) is 4.82. The summed E-state index contributed by atoms with van der Waals surface area (Å²) in [7, 11) is -4.26. The molecular weight excluding hydrogens is 421 g/mol. The number of nitrogens with one attached hydrogen (secondary N) is 1. The Morgan fingerprint density at radius 3 is 2.50 bits per heavy atom. The summed E-state index contributed by atoms with van der Waals surface area (Å²) in [6.07, 6.45) is 0.0189. The second-order valence-electron chi connectivity index (χ2n) is 7.37. The Kier molecular flexibility index (Phi) is 6.49. The van der Waals surface area contributed by atoms with E-state index >= 15 is 0 Å². The Morgan fingerprint density at radius 1 is 1.10 bits per heavy atom. The van der Waals surface area contributed by atoms with Gasteiger partial charge >= 0.3 is 0 Å². The Morgan fingerprint density at radius 2 is 1.80 bits per heavy atom. The summed E-state index contributed by atoms with van der Waals surface area (Å²) in [5.41, 5.74) is -0.203. The summed E-state index contributed by atoms with van der Waals surface area (Å²) < 4.78 is 67.9. The van der Waals surface area contributed by atoms with E-state index in [-0.39, 0.29) is 36.7 Å². The van der Waals surface area contributed by atoms with E-state index in [1.807, 2.05) is 0 Å². The van der Waals surface area contributed by atoms with Gasteiger partial charge in [0.2, 0.25) is 10.0 Å². The highest BCUT2D eigenvalue weighted by Gasteiger charge is 2.32. The van der Waals surface area contributed by atoms with Crippen LogP contribution in [0.3, 0.4) is 0 Å². The molecule has 1 aliphatic rings. The van der Waals surface area contributed by atoms with Crippen molar-refractivity contribution < 1.29 is 31.5 Å². The van der Waals surface area contributed by atoms with Crippen molar-refractivity contribution in [3.05, 3.63) is 59.4 Å². The SMILES string of the molecule is CC1CC(O)CCN(S(=O)(=O)c2cc(C(=O)Nc3ccc(F)c(F)c3)ccc2F)C1. The molecular formula is C20H21F3N2O4S. The number of hydrogen-bond donors (Lipinski definition) is 2. The molecule has 0 spiro atoms. The molecule has 1 amide bonds. The summed E-state index contributed by atoms with van der Waals surface area (Å²) in [5.74, 6) is -4.19. The van der Waals surface area contributed by atoms with Gasteiger partial charge in [0.05, 0.1) is 6.10 Å². The molecule has 2 atom stereocenters. The van der Waals surface area contributed by atoms with E-state index in [2.05, 4.69) is 5.32 Å². The molecule has 0 aromatic heterocycles. The first-order chi connectivity index (χ1) is 14.1. The van der Waals surface area contributed by atoms with Crippen LogP contribution in [-0.2, 0) is 10.0 Å². The van der Waals surface area contributed by atoms with Gasteiger partial charge in [-0.05, 0) is 49.1 Å². The van der Waals surface area contributed by atoms with Gasteiger partial charge in [0.25, 0.3) is 5.91 Å². The highest BCUT2D eigenvalue weighted by molar-refractivity contribution is 7.89. The fraction of sp³-hybridized carbons (Fsp3) is 0.350. The van der Waals surface area contributed by atoms with E-state index in [9.17, 15) is 31.5 Å². The van der Waals surface area contributed by atoms with Crippen molar-refractivity contribution in [2.24, 2.45) is 5.92 Å². The molecule has 2 unspecified atom stereocenters. The molecule has 2 aromatic rings. The van der Waals surface area contributed by atoms with Crippen molar-refractivity contribution >= 4 is 21.6 Å². The standard InChI is InChI=1S/C20H21F3N2O4S/c1-12-8-15(26)6-7-25(11-12)30(28,29)19-9-13(2-4-17(19)22)20(27)24-14-3-5-16(21)18(23)10-14/h2-5,9-10,12,15,26H,6-8,11H2,1H3,(H,24,27). The molecule has 0 aliphatic carbocycles. The molecule has 0 saturated carbocycles. The highest BCUT2D eigenvalue weighted by Crippen LogP contribution is 2.26. The summed E-state index contributed by atoms with van der Waals surface area (Å²) in [6.45, 7) is 1.93. The summed E-state index contributed by atoms with van der Waals surface area (Å²) >= 11 is 0. The van der Waals surface area contributed by atoms with Crippen LogP contribution >= 0.6 is 0 Å². The number of carbonyl (C=O) groups is 1. The van der Waals surface area contributed by atoms with E-state index in [0.717, 1.165) is 40.7 Å². The van der Waals surface area contributed by atoms with Crippen molar-refractivity contribution in [3.8, 4) is 0 Å². The van der Waals surface area contributed by atoms with Crippen LogP contribution in [-0.4, -0.2) is 42.9 Å². The molecule has 0 bridgehead atoms. The lowest BCUT2D eigenvalue weighted by atomic mass is 10.0. The van der Waals surface area contributed by atoms with Crippen molar-refractivity contribution in [3.63, 3.8) is 0 Å². The number of aliphatic hydroxyl groups is 1. The quantitative estimate of drug-likeness (QED) is 0.762. The lowest BCUT2D eigenvalue weighted by Gasteiger charge is -2.22.